The van der Waals surface area contributed by atoms with Crippen molar-refractivity contribution in [1.82, 2.24) is 9.80 Å². The molecule has 1 aromatic heterocycles. The number of benzene rings is 2. The summed E-state index contributed by atoms with van der Waals surface area (Å²) >= 11 is 0. The van der Waals surface area contributed by atoms with Crippen molar-refractivity contribution in [2.24, 2.45) is 5.92 Å². The molecule has 1 saturated heterocycles. The first-order valence-corrected chi connectivity index (χ1v) is 12.4. The molecule has 2 heterocycles. The van der Waals surface area contributed by atoms with Crippen molar-refractivity contribution in [3.63, 3.8) is 0 Å². The molecule has 0 spiro atoms. The molecular weight excluding hydrogens is 459 g/mol. The molecule has 3 aromatic rings. The second kappa shape index (κ2) is 11.6. The summed E-state index contributed by atoms with van der Waals surface area (Å²) in [6.07, 6.45) is 3.85. The van der Waals surface area contributed by atoms with Gasteiger partial charge < -0.3 is 18.8 Å². The number of aryl methyl sites for hydroxylation is 1. The average Bonchev–Trinajstić information content (AvgIpc) is 3.33. The molecule has 1 amide bonds. The predicted octanol–water partition coefficient (Wildman–Crippen LogP) is 5.34. The number of methoxy groups -OCH3 is 2. The lowest BCUT2D eigenvalue weighted by molar-refractivity contribution is 0.0581. The van der Waals surface area contributed by atoms with Gasteiger partial charge in [-0.05, 0) is 80.6 Å². The van der Waals surface area contributed by atoms with Crippen LogP contribution in [0.3, 0.4) is 0 Å². The van der Waals surface area contributed by atoms with Crippen LogP contribution in [0.5, 0.6) is 11.5 Å². The van der Waals surface area contributed by atoms with E-state index in [9.17, 15) is 9.18 Å². The Morgan fingerprint density at radius 1 is 1.11 bits per heavy atom. The minimum absolute atomic E-state index is 0.0894. The minimum Gasteiger partial charge on any atom is -0.497 e. The number of hydrogen-bond donors (Lipinski definition) is 0. The number of carbonyl (C=O) groups is 1. The molecule has 2 aromatic carbocycles. The number of likely N-dealkylation sites (N-methyl/N-ethyl adjacent to an activating group) is 1. The van der Waals surface area contributed by atoms with E-state index in [2.05, 4.69) is 4.90 Å². The third-order valence-corrected chi connectivity index (χ3v) is 7.29. The Bertz CT molecular complexity index is 1150. The van der Waals surface area contributed by atoms with E-state index in [4.69, 9.17) is 13.9 Å². The van der Waals surface area contributed by atoms with Gasteiger partial charge in [0.2, 0.25) is 0 Å². The second-order valence-electron chi connectivity index (χ2n) is 9.50. The van der Waals surface area contributed by atoms with Gasteiger partial charge in [0.25, 0.3) is 5.91 Å². The molecule has 6 nitrogen and oxygen atoms in total. The van der Waals surface area contributed by atoms with Gasteiger partial charge in [0.05, 0.1) is 26.0 Å². The smallest absolute Gasteiger partial charge is 0.257 e. The number of rotatable bonds is 9. The van der Waals surface area contributed by atoms with Crippen molar-refractivity contribution in [2.75, 3.05) is 34.4 Å². The molecule has 1 aliphatic heterocycles. The van der Waals surface area contributed by atoms with Crippen molar-refractivity contribution in [3.8, 4) is 11.5 Å². The number of hydrogen-bond acceptors (Lipinski definition) is 5. The highest BCUT2D eigenvalue weighted by Crippen LogP contribution is 2.30. The largest absolute Gasteiger partial charge is 0.497 e. The van der Waals surface area contributed by atoms with Crippen molar-refractivity contribution < 1.29 is 23.1 Å². The molecule has 1 unspecified atom stereocenters. The number of likely N-dealkylation sites (tertiary alicyclic amines) is 1. The molecule has 4 rings (SSSR count). The highest BCUT2D eigenvalue weighted by Gasteiger charge is 2.33. The zero-order chi connectivity index (χ0) is 25.7. The summed E-state index contributed by atoms with van der Waals surface area (Å²) in [6.45, 7) is 4.37. The van der Waals surface area contributed by atoms with Gasteiger partial charge in [-0.15, -0.1) is 0 Å². The Balaban J connectivity index is 1.48. The van der Waals surface area contributed by atoms with Crippen LogP contribution in [0, 0.1) is 18.7 Å². The highest BCUT2D eigenvalue weighted by atomic mass is 19.1. The van der Waals surface area contributed by atoms with E-state index in [1.807, 2.05) is 37.4 Å². The summed E-state index contributed by atoms with van der Waals surface area (Å²) in [5, 5.41) is 0. The maximum Gasteiger partial charge on any atom is 0.257 e. The first kappa shape index (κ1) is 25.8. The fourth-order valence-corrected chi connectivity index (χ4v) is 5.17. The molecule has 36 heavy (non-hydrogen) atoms. The number of ether oxygens (including phenoxy) is 2. The lowest BCUT2D eigenvalue weighted by atomic mass is 9.84. The van der Waals surface area contributed by atoms with Gasteiger partial charge in [-0.3, -0.25) is 9.69 Å². The van der Waals surface area contributed by atoms with E-state index in [1.54, 1.807) is 38.2 Å². The van der Waals surface area contributed by atoms with Crippen LogP contribution in [0.1, 0.15) is 40.1 Å². The van der Waals surface area contributed by atoms with Crippen molar-refractivity contribution in [1.29, 1.82) is 0 Å². The monoisotopic (exact) mass is 494 g/mol. The van der Waals surface area contributed by atoms with Crippen LogP contribution in [0.2, 0.25) is 0 Å². The summed E-state index contributed by atoms with van der Waals surface area (Å²) in [7, 11) is 5.14. The van der Waals surface area contributed by atoms with Gasteiger partial charge >= 0.3 is 0 Å². The van der Waals surface area contributed by atoms with Gasteiger partial charge in [-0.25, -0.2) is 4.39 Å². The maximum atomic E-state index is 14.6. The van der Waals surface area contributed by atoms with Crippen LogP contribution < -0.4 is 9.47 Å². The van der Waals surface area contributed by atoms with Crippen LogP contribution in [0.4, 0.5) is 4.39 Å². The zero-order valence-electron chi connectivity index (χ0n) is 21.5. The lowest BCUT2D eigenvalue weighted by Crippen LogP contribution is -2.47. The topological polar surface area (TPSA) is 55.2 Å². The SMILES string of the molecule is COc1cc(CN2CCC(C(Cc3ccccc3F)N(C)C(=O)c3ccoc3C)CC2)cc(OC)c1. The molecule has 1 fully saturated rings. The summed E-state index contributed by atoms with van der Waals surface area (Å²) in [5.41, 5.74) is 2.33. The van der Waals surface area contributed by atoms with Crippen molar-refractivity contribution in [2.45, 2.75) is 38.8 Å². The van der Waals surface area contributed by atoms with Crippen molar-refractivity contribution >= 4 is 5.91 Å². The highest BCUT2D eigenvalue weighted by molar-refractivity contribution is 5.95. The third kappa shape index (κ3) is 5.90. The summed E-state index contributed by atoms with van der Waals surface area (Å²) in [6, 6.07) is 14.4. The number of nitrogens with zero attached hydrogens (tertiary/aromatic N) is 2. The normalized spacial score (nSPS) is 15.5. The average molecular weight is 495 g/mol. The van der Waals surface area contributed by atoms with E-state index in [0.717, 1.165) is 49.5 Å². The van der Waals surface area contributed by atoms with Crippen LogP contribution in [0.15, 0.2) is 59.2 Å². The zero-order valence-corrected chi connectivity index (χ0v) is 21.5. The van der Waals surface area contributed by atoms with E-state index < -0.39 is 0 Å². The minimum atomic E-state index is -0.229. The fraction of sp³-hybridized carbons (Fsp3) is 0.414. The van der Waals surface area contributed by atoms with Gasteiger partial charge in [-0.2, -0.15) is 0 Å². The van der Waals surface area contributed by atoms with E-state index in [-0.39, 0.29) is 23.7 Å². The summed E-state index contributed by atoms with van der Waals surface area (Å²) in [5.74, 6) is 2.08. The number of piperidine rings is 1. The number of furan rings is 1. The maximum absolute atomic E-state index is 14.6. The van der Waals surface area contributed by atoms with E-state index >= 15 is 0 Å². The van der Waals surface area contributed by atoms with Crippen LogP contribution >= 0.6 is 0 Å². The predicted molar refractivity (Wildman–Crippen MR) is 137 cm³/mol. The van der Waals surface area contributed by atoms with Crippen LogP contribution in [0.25, 0.3) is 0 Å². The van der Waals surface area contributed by atoms with Gasteiger partial charge in [0, 0.05) is 25.7 Å². The molecule has 0 saturated carbocycles. The number of halogens is 1. The molecular formula is C29H35FN2O4. The second-order valence-corrected chi connectivity index (χ2v) is 9.50. The summed E-state index contributed by atoms with van der Waals surface area (Å²) in [4.78, 5) is 17.5. The van der Waals surface area contributed by atoms with E-state index in [0.29, 0.717) is 23.3 Å². The Labute approximate surface area is 212 Å². The Kier molecular flexibility index (Phi) is 8.31. The molecule has 0 aliphatic carbocycles. The molecule has 7 heteroatoms. The summed E-state index contributed by atoms with van der Waals surface area (Å²) < 4.78 is 30.8. The number of carbonyl (C=O) groups excluding carboxylic acids is 1. The molecule has 1 atom stereocenters. The first-order valence-electron chi connectivity index (χ1n) is 12.4. The molecule has 1 aliphatic rings. The quantitative estimate of drug-likeness (QED) is 0.402. The van der Waals surface area contributed by atoms with Crippen molar-refractivity contribution in [3.05, 3.63) is 83.1 Å². The molecule has 0 N–H and O–H groups in total. The Morgan fingerprint density at radius 3 is 2.36 bits per heavy atom. The standard InChI is InChI=1S/C29H35FN2O4/c1-20-26(11-14-36-20)29(33)31(2)28(17-23-7-5-6-8-27(23)30)22-9-12-32(13-10-22)19-21-15-24(34-3)18-25(16-21)35-4/h5-8,11,14-16,18,22,28H,9-10,12-13,17,19H2,1-4H3. The van der Waals surface area contributed by atoms with Crippen LogP contribution in [-0.4, -0.2) is 56.1 Å². The lowest BCUT2D eigenvalue weighted by Gasteiger charge is -2.40. The first-order chi connectivity index (χ1) is 17.4. The third-order valence-electron chi connectivity index (χ3n) is 7.29. The molecule has 192 valence electrons. The Hall–Kier alpha value is -3.32. The van der Waals surface area contributed by atoms with E-state index in [1.165, 1.54) is 12.3 Å². The fourth-order valence-electron chi connectivity index (χ4n) is 5.17. The Morgan fingerprint density at radius 2 is 1.78 bits per heavy atom. The molecule has 0 bridgehead atoms. The van der Waals surface area contributed by atoms with Gasteiger partial charge in [0.1, 0.15) is 23.1 Å². The van der Waals surface area contributed by atoms with Gasteiger partial charge in [-0.1, -0.05) is 18.2 Å². The number of amides is 1. The van der Waals surface area contributed by atoms with Gasteiger partial charge in [0.15, 0.2) is 0 Å². The molecule has 0 radical (unpaired) electrons. The van der Waals surface area contributed by atoms with Crippen LogP contribution in [-0.2, 0) is 13.0 Å².